The second kappa shape index (κ2) is 8.06. The van der Waals surface area contributed by atoms with Gasteiger partial charge in [-0.2, -0.15) is 0 Å². The maximum Gasteiger partial charge on any atom is 0.0139 e. The molecule has 2 N–H and O–H groups in total. The van der Waals surface area contributed by atoms with Gasteiger partial charge in [-0.15, -0.1) is 6.58 Å². The molecule has 0 unspecified atom stereocenters. The molecule has 0 spiro atoms. The normalized spacial score (nSPS) is 12.5. The minimum absolute atomic E-state index is 0.719. The summed E-state index contributed by atoms with van der Waals surface area (Å²) >= 11 is 0. The van der Waals surface area contributed by atoms with Crippen LogP contribution in [-0.4, -0.2) is 6.54 Å². The zero-order valence-electron chi connectivity index (χ0n) is 9.10. The van der Waals surface area contributed by atoms with Crippen molar-refractivity contribution in [2.45, 2.75) is 46.0 Å². The van der Waals surface area contributed by atoms with E-state index in [1.54, 1.807) is 0 Å². The largest absolute Gasteiger partial charge is 0.327 e. The lowest BCUT2D eigenvalue weighted by molar-refractivity contribution is 0.799. The molecule has 0 bridgehead atoms. The van der Waals surface area contributed by atoms with Gasteiger partial charge in [-0.1, -0.05) is 43.9 Å². The molecule has 0 aromatic carbocycles. The molecule has 0 aliphatic carbocycles. The van der Waals surface area contributed by atoms with Gasteiger partial charge >= 0.3 is 0 Å². The third-order valence-corrected chi connectivity index (χ3v) is 2.24. The summed E-state index contributed by atoms with van der Waals surface area (Å²) in [6.07, 6.45) is 7.72. The molecule has 13 heavy (non-hydrogen) atoms. The van der Waals surface area contributed by atoms with Gasteiger partial charge in [-0.25, -0.2) is 0 Å². The number of hydrogen-bond donors (Lipinski definition) is 1. The predicted octanol–water partition coefficient (Wildman–Crippen LogP) is 3.42. The highest BCUT2D eigenvalue weighted by Gasteiger charge is 2.02. The van der Waals surface area contributed by atoms with Gasteiger partial charge in [0.2, 0.25) is 0 Å². The Morgan fingerprint density at radius 2 is 1.69 bits per heavy atom. The molecular weight excluding hydrogens is 158 g/mol. The molecule has 0 radical (unpaired) electrons. The number of allylic oxidation sites excluding steroid dienone is 2. The van der Waals surface area contributed by atoms with Crippen LogP contribution in [0.3, 0.4) is 0 Å². The van der Waals surface area contributed by atoms with Gasteiger partial charge in [-0.3, -0.25) is 0 Å². The van der Waals surface area contributed by atoms with E-state index in [0.29, 0.717) is 0 Å². The van der Waals surface area contributed by atoms with E-state index in [0.717, 1.165) is 19.4 Å². The molecule has 0 aromatic heterocycles. The summed E-state index contributed by atoms with van der Waals surface area (Å²) < 4.78 is 0. The highest BCUT2D eigenvalue weighted by Crippen LogP contribution is 2.18. The molecule has 0 rings (SSSR count). The molecule has 1 heteroatoms. The summed E-state index contributed by atoms with van der Waals surface area (Å²) in [5.74, 6) is 0. The quantitative estimate of drug-likeness (QED) is 0.598. The van der Waals surface area contributed by atoms with E-state index in [4.69, 9.17) is 5.73 Å². The Hall–Kier alpha value is -0.560. The van der Waals surface area contributed by atoms with Crippen LogP contribution in [0.2, 0.25) is 0 Å². The third kappa shape index (κ3) is 4.89. The molecular formula is C12H23N. The molecule has 1 nitrogen and oxygen atoms in total. The highest BCUT2D eigenvalue weighted by atomic mass is 14.5. The molecule has 0 heterocycles. The van der Waals surface area contributed by atoms with Crippen LogP contribution in [0.25, 0.3) is 0 Å². The zero-order valence-corrected chi connectivity index (χ0v) is 9.10. The maximum atomic E-state index is 5.73. The number of nitrogens with two attached hydrogens (primary N) is 1. The standard InChI is InChI=1S/C12H23N/c1-4-7-11(8-5-2)12(10-13)9-6-3/h4H,1,5-10,13H2,2-3H3/b12-11+. The van der Waals surface area contributed by atoms with Crippen LogP contribution in [0.5, 0.6) is 0 Å². The average Bonchev–Trinajstić information content (AvgIpc) is 2.14. The second-order valence-electron chi connectivity index (χ2n) is 3.40. The Bertz CT molecular complexity index is 168. The van der Waals surface area contributed by atoms with Crippen molar-refractivity contribution in [2.75, 3.05) is 6.54 Å². The van der Waals surface area contributed by atoms with Gasteiger partial charge in [-0.05, 0) is 19.3 Å². The van der Waals surface area contributed by atoms with Crippen LogP contribution < -0.4 is 5.73 Å². The molecule has 0 aliphatic rings. The first kappa shape index (κ1) is 12.4. The van der Waals surface area contributed by atoms with Crippen molar-refractivity contribution in [1.29, 1.82) is 0 Å². The minimum atomic E-state index is 0.719. The smallest absolute Gasteiger partial charge is 0.0139 e. The molecule has 0 aromatic rings. The molecule has 0 aliphatic heterocycles. The summed E-state index contributed by atoms with van der Waals surface area (Å²) in [6, 6.07) is 0. The average molecular weight is 181 g/mol. The monoisotopic (exact) mass is 181 g/mol. The van der Waals surface area contributed by atoms with E-state index in [9.17, 15) is 0 Å². The van der Waals surface area contributed by atoms with E-state index in [1.165, 1.54) is 30.4 Å². The summed E-state index contributed by atoms with van der Waals surface area (Å²) in [4.78, 5) is 0. The van der Waals surface area contributed by atoms with Gasteiger partial charge in [0.15, 0.2) is 0 Å². The van der Waals surface area contributed by atoms with Gasteiger partial charge in [0, 0.05) is 6.54 Å². The topological polar surface area (TPSA) is 26.0 Å². The highest BCUT2D eigenvalue weighted by molar-refractivity contribution is 5.17. The van der Waals surface area contributed by atoms with Gasteiger partial charge in [0.25, 0.3) is 0 Å². The first-order chi connectivity index (χ1) is 6.29. The summed E-state index contributed by atoms with van der Waals surface area (Å²) in [5, 5.41) is 0. The molecule has 0 atom stereocenters. The summed E-state index contributed by atoms with van der Waals surface area (Å²) in [7, 11) is 0. The van der Waals surface area contributed by atoms with Crippen molar-refractivity contribution in [3.05, 3.63) is 23.8 Å². The maximum absolute atomic E-state index is 5.73. The molecule has 0 saturated carbocycles. The summed E-state index contributed by atoms with van der Waals surface area (Å²) in [6.45, 7) is 8.92. The lowest BCUT2D eigenvalue weighted by Crippen LogP contribution is -2.06. The fourth-order valence-electron chi connectivity index (χ4n) is 1.62. The second-order valence-corrected chi connectivity index (χ2v) is 3.40. The van der Waals surface area contributed by atoms with E-state index < -0.39 is 0 Å². The lowest BCUT2D eigenvalue weighted by atomic mass is 9.97. The van der Waals surface area contributed by atoms with Crippen molar-refractivity contribution in [2.24, 2.45) is 5.73 Å². The fraction of sp³-hybridized carbons (Fsp3) is 0.667. The van der Waals surface area contributed by atoms with E-state index in [-0.39, 0.29) is 0 Å². The molecule has 76 valence electrons. The fourth-order valence-corrected chi connectivity index (χ4v) is 1.62. The van der Waals surface area contributed by atoms with Crippen LogP contribution in [0.15, 0.2) is 23.8 Å². The van der Waals surface area contributed by atoms with Crippen molar-refractivity contribution in [3.8, 4) is 0 Å². The molecule has 0 saturated heterocycles. The van der Waals surface area contributed by atoms with E-state index in [2.05, 4.69) is 20.4 Å². The first-order valence-corrected chi connectivity index (χ1v) is 5.30. The van der Waals surface area contributed by atoms with Gasteiger partial charge in [0.05, 0.1) is 0 Å². The van der Waals surface area contributed by atoms with Crippen LogP contribution in [0.1, 0.15) is 46.0 Å². The van der Waals surface area contributed by atoms with Crippen LogP contribution >= 0.6 is 0 Å². The Kier molecular flexibility index (Phi) is 7.71. The van der Waals surface area contributed by atoms with E-state index >= 15 is 0 Å². The lowest BCUT2D eigenvalue weighted by Gasteiger charge is -2.11. The summed E-state index contributed by atoms with van der Waals surface area (Å²) in [5.41, 5.74) is 8.69. The van der Waals surface area contributed by atoms with E-state index in [1.807, 2.05) is 6.08 Å². The third-order valence-electron chi connectivity index (χ3n) is 2.24. The Morgan fingerprint density at radius 3 is 2.08 bits per heavy atom. The predicted molar refractivity (Wildman–Crippen MR) is 60.7 cm³/mol. The van der Waals surface area contributed by atoms with Crippen molar-refractivity contribution in [1.82, 2.24) is 0 Å². The number of hydrogen-bond acceptors (Lipinski definition) is 1. The van der Waals surface area contributed by atoms with Crippen molar-refractivity contribution in [3.63, 3.8) is 0 Å². The first-order valence-electron chi connectivity index (χ1n) is 5.30. The number of rotatable bonds is 7. The zero-order chi connectivity index (χ0) is 10.1. The van der Waals surface area contributed by atoms with Crippen molar-refractivity contribution >= 4 is 0 Å². The van der Waals surface area contributed by atoms with Crippen LogP contribution in [0.4, 0.5) is 0 Å². The van der Waals surface area contributed by atoms with Gasteiger partial charge < -0.3 is 5.73 Å². The van der Waals surface area contributed by atoms with Crippen molar-refractivity contribution < 1.29 is 0 Å². The SMILES string of the molecule is C=CC/C(CCC)=C(\CN)CCC. The van der Waals surface area contributed by atoms with Crippen LogP contribution in [0, 0.1) is 0 Å². The molecule has 0 amide bonds. The minimum Gasteiger partial charge on any atom is -0.327 e. The Morgan fingerprint density at radius 1 is 1.15 bits per heavy atom. The van der Waals surface area contributed by atoms with Gasteiger partial charge in [0.1, 0.15) is 0 Å². The molecule has 0 fully saturated rings. The Balaban J connectivity index is 4.43. The Labute approximate surface area is 82.7 Å². The van der Waals surface area contributed by atoms with Crippen LogP contribution in [-0.2, 0) is 0 Å².